The van der Waals surface area contributed by atoms with Crippen LogP contribution in [0.15, 0.2) is 18.2 Å². The summed E-state index contributed by atoms with van der Waals surface area (Å²) in [5, 5.41) is 9.52. The molecule has 1 aromatic rings. The summed E-state index contributed by atoms with van der Waals surface area (Å²) in [4.78, 5) is 2.16. The number of aromatic hydroxyl groups is 1. The van der Waals surface area contributed by atoms with E-state index in [0.29, 0.717) is 18.2 Å². The normalized spacial score (nSPS) is 11.3. The largest absolute Gasteiger partial charge is 0.505 e. The van der Waals surface area contributed by atoms with Gasteiger partial charge in [-0.1, -0.05) is 19.1 Å². The molecule has 84 valence electrons. The molecule has 0 aliphatic carbocycles. The number of nitrogens with zero attached hydrogens (tertiary/aromatic N) is 1. The lowest BCUT2D eigenvalue weighted by atomic mass is 10.1. The Morgan fingerprint density at radius 1 is 1.40 bits per heavy atom. The number of benzene rings is 1. The van der Waals surface area contributed by atoms with Gasteiger partial charge < -0.3 is 5.11 Å². The van der Waals surface area contributed by atoms with E-state index < -0.39 is 5.82 Å². The zero-order chi connectivity index (χ0) is 11.4. The molecule has 2 nitrogen and oxygen atoms in total. The molecule has 0 aliphatic rings. The van der Waals surface area contributed by atoms with Crippen LogP contribution in [0.5, 0.6) is 5.75 Å². The van der Waals surface area contributed by atoms with E-state index in [9.17, 15) is 9.50 Å². The molecule has 15 heavy (non-hydrogen) atoms. The molecule has 0 saturated heterocycles. The van der Waals surface area contributed by atoms with Crippen molar-refractivity contribution in [3.05, 3.63) is 29.6 Å². The summed E-state index contributed by atoms with van der Waals surface area (Å²) in [7, 11) is 0. The van der Waals surface area contributed by atoms with Crippen LogP contribution in [0.2, 0.25) is 0 Å². The first kappa shape index (κ1) is 12.0. The predicted octanol–water partition coefficient (Wildman–Crippen LogP) is 2.76. The number of halogens is 1. The van der Waals surface area contributed by atoms with Crippen LogP contribution in [0.1, 0.15) is 26.3 Å². The second-order valence-electron chi connectivity index (χ2n) is 3.90. The number of rotatable bonds is 4. The fourth-order valence-corrected chi connectivity index (χ4v) is 1.57. The molecule has 0 heterocycles. The van der Waals surface area contributed by atoms with Gasteiger partial charge in [-0.3, -0.25) is 4.90 Å². The summed E-state index contributed by atoms with van der Waals surface area (Å²) in [6.45, 7) is 7.68. The average molecular weight is 211 g/mol. The zero-order valence-corrected chi connectivity index (χ0v) is 9.50. The highest BCUT2D eigenvalue weighted by Gasteiger charge is 2.12. The van der Waals surface area contributed by atoms with E-state index in [1.807, 2.05) is 0 Å². The maximum absolute atomic E-state index is 13.1. The molecule has 0 aromatic heterocycles. The third-order valence-electron chi connectivity index (χ3n) is 2.58. The van der Waals surface area contributed by atoms with Crippen LogP contribution in [0.4, 0.5) is 4.39 Å². The van der Waals surface area contributed by atoms with E-state index in [0.717, 1.165) is 6.54 Å². The molecule has 0 unspecified atom stereocenters. The van der Waals surface area contributed by atoms with Crippen LogP contribution >= 0.6 is 0 Å². The van der Waals surface area contributed by atoms with Crippen molar-refractivity contribution in [3.63, 3.8) is 0 Å². The molecule has 1 rings (SSSR count). The number of hydrogen-bond donors (Lipinski definition) is 1. The van der Waals surface area contributed by atoms with E-state index in [1.165, 1.54) is 6.07 Å². The smallest absolute Gasteiger partial charge is 0.165 e. The maximum atomic E-state index is 13.1. The summed E-state index contributed by atoms with van der Waals surface area (Å²) in [5.74, 6) is -0.774. The van der Waals surface area contributed by atoms with Crippen LogP contribution in [0.25, 0.3) is 0 Å². The van der Waals surface area contributed by atoms with E-state index in [4.69, 9.17) is 0 Å². The lowest BCUT2D eigenvalue weighted by Crippen LogP contribution is -2.29. The Morgan fingerprint density at radius 3 is 2.60 bits per heavy atom. The number of hydrogen-bond acceptors (Lipinski definition) is 2. The molecule has 0 bridgehead atoms. The van der Waals surface area contributed by atoms with E-state index >= 15 is 0 Å². The van der Waals surface area contributed by atoms with Crippen LogP contribution in [0, 0.1) is 5.82 Å². The third kappa shape index (κ3) is 2.93. The van der Waals surface area contributed by atoms with Gasteiger partial charge in [-0.2, -0.15) is 0 Å². The van der Waals surface area contributed by atoms with Crippen molar-refractivity contribution in [2.45, 2.75) is 33.4 Å². The van der Waals surface area contributed by atoms with Crippen molar-refractivity contribution in [3.8, 4) is 5.75 Å². The van der Waals surface area contributed by atoms with Crippen molar-refractivity contribution >= 4 is 0 Å². The minimum atomic E-state index is -0.549. The van der Waals surface area contributed by atoms with Crippen LogP contribution < -0.4 is 0 Å². The number of phenolic OH excluding ortho intramolecular Hbond substituents is 1. The SMILES string of the molecule is CCN(Cc1cccc(F)c1O)C(C)C. The summed E-state index contributed by atoms with van der Waals surface area (Å²) < 4.78 is 13.1. The molecule has 0 fully saturated rings. The molecule has 1 aromatic carbocycles. The molecular formula is C12H18FNO. The van der Waals surface area contributed by atoms with Gasteiger partial charge in [-0.05, 0) is 26.5 Å². The Bertz CT molecular complexity index is 325. The molecule has 1 N–H and O–H groups in total. The van der Waals surface area contributed by atoms with E-state index in [-0.39, 0.29) is 5.75 Å². The topological polar surface area (TPSA) is 23.5 Å². The molecule has 0 aliphatic heterocycles. The van der Waals surface area contributed by atoms with Crippen molar-refractivity contribution in [1.82, 2.24) is 4.90 Å². The zero-order valence-electron chi connectivity index (χ0n) is 9.50. The Morgan fingerprint density at radius 2 is 2.07 bits per heavy atom. The molecular weight excluding hydrogens is 193 g/mol. The first-order valence-corrected chi connectivity index (χ1v) is 5.26. The maximum Gasteiger partial charge on any atom is 0.165 e. The number of phenols is 1. The molecule has 0 spiro atoms. The highest BCUT2D eigenvalue weighted by Crippen LogP contribution is 2.22. The monoisotopic (exact) mass is 211 g/mol. The summed E-state index contributed by atoms with van der Waals surface area (Å²) in [5.41, 5.74) is 0.644. The molecule has 0 atom stereocenters. The van der Waals surface area contributed by atoms with Crippen LogP contribution in [0.3, 0.4) is 0 Å². The standard InChI is InChI=1S/C12H18FNO/c1-4-14(9(2)3)8-10-6-5-7-11(13)12(10)15/h5-7,9,15H,4,8H2,1-3H3. The highest BCUT2D eigenvalue weighted by atomic mass is 19.1. The fourth-order valence-electron chi connectivity index (χ4n) is 1.57. The fraction of sp³-hybridized carbons (Fsp3) is 0.500. The van der Waals surface area contributed by atoms with Gasteiger partial charge in [0.15, 0.2) is 11.6 Å². The van der Waals surface area contributed by atoms with Gasteiger partial charge in [-0.15, -0.1) is 0 Å². The first-order valence-electron chi connectivity index (χ1n) is 5.26. The van der Waals surface area contributed by atoms with Gasteiger partial charge in [0.1, 0.15) is 0 Å². The van der Waals surface area contributed by atoms with Crippen molar-refractivity contribution in [2.24, 2.45) is 0 Å². The Balaban J connectivity index is 2.84. The van der Waals surface area contributed by atoms with Gasteiger partial charge in [0.25, 0.3) is 0 Å². The van der Waals surface area contributed by atoms with Crippen LogP contribution in [-0.2, 0) is 6.54 Å². The minimum Gasteiger partial charge on any atom is -0.505 e. The molecule has 0 amide bonds. The quantitative estimate of drug-likeness (QED) is 0.827. The molecule has 0 radical (unpaired) electrons. The van der Waals surface area contributed by atoms with Gasteiger partial charge >= 0.3 is 0 Å². The Labute approximate surface area is 90.3 Å². The summed E-state index contributed by atoms with van der Waals surface area (Å²) in [6.07, 6.45) is 0. The molecule has 0 saturated carbocycles. The predicted molar refractivity (Wildman–Crippen MR) is 59.3 cm³/mol. The lowest BCUT2D eigenvalue weighted by Gasteiger charge is -2.25. The Kier molecular flexibility index (Phi) is 4.09. The number of para-hydroxylation sites is 1. The van der Waals surface area contributed by atoms with Crippen molar-refractivity contribution in [1.29, 1.82) is 0 Å². The highest BCUT2D eigenvalue weighted by molar-refractivity contribution is 5.33. The van der Waals surface area contributed by atoms with Gasteiger partial charge in [0.2, 0.25) is 0 Å². The van der Waals surface area contributed by atoms with Crippen molar-refractivity contribution < 1.29 is 9.50 Å². The van der Waals surface area contributed by atoms with Gasteiger partial charge in [0.05, 0.1) is 0 Å². The van der Waals surface area contributed by atoms with Gasteiger partial charge in [0, 0.05) is 18.2 Å². The Hall–Kier alpha value is -1.09. The van der Waals surface area contributed by atoms with E-state index in [2.05, 4.69) is 25.7 Å². The first-order chi connectivity index (χ1) is 7.06. The molecule has 3 heteroatoms. The second kappa shape index (κ2) is 5.12. The lowest BCUT2D eigenvalue weighted by molar-refractivity contribution is 0.221. The van der Waals surface area contributed by atoms with Crippen molar-refractivity contribution in [2.75, 3.05) is 6.54 Å². The van der Waals surface area contributed by atoms with E-state index in [1.54, 1.807) is 12.1 Å². The summed E-state index contributed by atoms with van der Waals surface area (Å²) in [6, 6.07) is 5.03. The average Bonchev–Trinajstić information content (AvgIpc) is 2.19. The second-order valence-corrected chi connectivity index (χ2v) is 3.90. The van der Waals surface area contributed by atoms with Gasteiger partial charge in [-0.25, -0.2) is 4.39 Å². The van der Waals surface area contributed by atoms with Crippen LogP contribution in [-0.4, -0.2) is 22.6 Å². The minimum absolute atomic E-state index is 0.225. The summed E-state index contributed by atoms with van der Waals surface area (Å²) >= 11 is 0. The third-order valence-corrected chi connectivity index (χ3v) is 2.58.